The lowest BCUT2D eigenvalue weighted by Gasteiger charge is -2.38. The van der Waals surface area contributed by atoms with E-state index in [4.69, 9.17) is 27.9 Å². The Balaban J connectivity index is 4.38. The molecule has 0 amide bonds. The lowest BCUT2D eigenvalue weighted by molar-refractivity contribution is 0.00434. The topological polar surface area (TPSA) is 77.4 Å². The van der Waals surface area contributed by atoms with Crippen LogP contribution in [-0.4, -0.2) is 62.2 Å². The second-order valence-electron chi connectivity index (χ2n) is 6.70. The molecule has 0 unspecified atom stereocenters. The Bertz CT molecular complexity index is 260. The normalized spacial score (nSPS) is 13.7. The van der Waals surface area contributed by atoms with Gasteiger partial charge in [-0.3, -0.25) is 0 Å². The average molecular weight is 357 g/mol. The highest BCUT2D eigenvalue weighted by Gasteiger charge is 2.39. The van der Waals surface area contributed by atoms with E-state index >= 15 is 0 Å². The van der Waals surface area contributed by atoms with Gasteiger partial charge in [0.2, 0.25) is 0 Å². The van der Waals surface area contributed by atoms with Crippen LogP contribution in [-0.2, 0) is 17.7 Å². The minimum absolute atomic E-state index is 0.243. The first-order valence-electron chi connectivity index (χ1n) is 7.31. The fourth-order valence-corrected chi connectivity index (χ4v) is 15.5. The first-order valence-corrected chi connectivity index (χ1v) is 16.4. The van der Waals surface area contributed by atoms with Gasteiger partial charge < -0.3 is 27.9 Å². The van der Waals surface area contributed by atoms with Gasteiger partial charge >= 0.3 is 8.56 Å². The van der Waals surface area contributed by atoms with Crippen molar-refractivity contribution in [1.29, 1.82) is 0 Å². The van der Waals surface area contributed by atoms with Crippen LogP contribution >= 0.6 is 0 Å². The molecule has 0 saturated carbocycles. The van der Waals surface area contributed by atoms with Crippen LogP contribution in [0.4, 0.5) is 0 Å². The maximum absolute atomic E-state index is 8.66. The first-order chi connectivity index (χ1) is 9.54. The van der Waals surface area contributed by atoms with Crippen molar-refractivity contribution in [2.45, 2.75) is 51.4 Å². The second-order valence-corrected chi connectivity index (χ2v) is 19.2. The number of hydrogen-bond acceptors (Lipinski definition) is 6. The zero-order valence-electron chi connectivity index (χ0n) is 14.3. The van der Waals surface area contributed by atoms with Crippen molar-refractivity contribution in [1.82, 2.24) is 0 Å². The summed E-state index contributed by atoms with van der Waals surface area (Å²) in [4.78, 5) is 0. The van der Waals surface area contributed by atoms with Crippen molar-refractivity contribution in [2.24, 2.45) is 0 Å². The van der Waals surface area contributed by atoms with Gasteiger partial charge in [-0.25, -0.2) is 0 Å². The molecule has 0 atom stereocenters. The Morgan fingerprint density at radius 1 is 0.667 bits per heavy atom. The lowest BCUT2D eigenvalue weighted by Crippen LogP contribution is -2.52. The van der Waals surface area contributed by atoms with Crippen LogP contribution in [0.1, 0.15) is 0 Å². The van der Waals surface area contributed by atoms with Gasteiger partial charge in [0.1, 0.15) is 13.6 Å². The molecule has 128 valence electrons. The third-order valence-corrected chi connectivity index (χ3v) is 14.1. The SMILES string of the molecule is C[Si](C)(CCOCO)O[Si](C)(C)O[Si](C)(C)CCOCO. The van der Waals surface area contributed by atoms with Gasteiger partial charge in [0.25, 0.3) is 0 Å². The summed E-state index contributed by atoms with van der Waals surface area (Å²) in [6, 6.07) is 1.67. The number of rotatable bonds is 12. The molecule has 0 aliphatic heterocycles. The molecule has 21 heavy (non-hydrogen) atoms. The molecule has 0 fully saturated rings. The Morgan fingerprint density at radius 2 is 1.00 bits per heavy atom. The summed E-state index contributed by atoms with van der Waals surface area (Å²) in [5.41, 5.74) is 0. The molecule has 0 spiro atoms. The summed E-state index contributed by atoms with van der Waals surface area (Å²) < 4.78 is 22.7. The summed E-state index contributed by atoms with van der Waals surface area (Å²) in [6.45, 7) is 13.3. The number of aliphatic hydroxyl groups excluding tert-OH is 2. The molecule has 0 aromatic carbocycles. The van der Waals surface area contributed by atoms with Gasteiger partial charge in [0.05, 0.1) is 0 Å². The van der Waals surface area contributed by atoms with Crippen LogP contribution in [0, 0.1) is 0 Å². The van der Waals surface area contributed by atoms with E-state index in [9.17, 15) is 0 Å². The van der Waals surface area contributed by atoms with E-state index in [0.717, 1.165) is 12.1 Å². The van der Waals surface area contributed by atoms with E-state index in [-0.39, 0.29) is 13.6 Å². The number of hydrogen-bond donors (Lipinski definition) is 2. The molecule has 0 radical (unpaired) electrons. The van der Waals surface area contributed by atoms with E-state index in [1.807, 2.05) is 0 Å². The van der Waals surface area contributed by atoms with Gasteiger partial charge in [-0.05, 0) is 51.4 Å². The summed E-state index contributed by atoms with van der Waals surface area (Å²) in [5.74, 6) is 0. The van der Waals surface area contributed by atoms with Crippen molar-refractivity contribution >= 4 is 25.2 Å². The summed E-state index contributed by atoms with van der Waals surface area (Å²) in [6.07, 6.45) is 0. The minimum atomic E-state index is -2.21. The van der Waals surface area contributed by atoms with Crippen molar-refractivity contribution < 1.29 is 27.9 Å². The van der Waals surface area contributed by atoms with Crippen LogP contribution in [0.5, 0.6) is 0 Å². The molecule has 0 aromatic heterocycles. The highest BCUT2D eigenvalue weighted by molar-refractivity contribution is 6.87. The lowest BCUT2D eigenvalue weighted by atomic mass is 10.9. The molecule has 2 N–H and O–H groups in total. The van der Waals surface area contributed by atoms with E-state index < -0.39 is 25.2 Å². The van der Waals surface area contributed by atoms with Crippen molar-refractivity contribution in [2.75, 3.05) is 26.8 Å². The standard InChI is InChI=1S/C12H32O6Si3/c1-19(2,9-7-15-11-13)17-21(5,6)18-20(3,4)10-8-16-12-14/h13-14H,7-12H2,1-6H3. The molecular formula is C12H32O6Si3. The highest BCUT2D eigenvalue weighted by atomic mass is 28.5. The molecular weight excluding hydrogens is 324 g/mol. The molecule has 0 bridgehead atoms. The van der Waals surface area contributed by atoms with Gasteiger partial charge in [-0.2, -0.15) is 0 Å². The van der Waals surface area contributed by atoms with E-state index in [1.165, 1.54) is 0 Å². The third-order valence-electron chi connectivity index (χ3n) is 2.92. The van der Waals surface area contributed by atoms with Gasteiger partial charge in [-0.15, -0.1) is 0 Å². The summed E-state index contributed by atoms with van der Waals surface area (Å²) in [5, 5.41) is 17.3. The maximum atomic E-state index is 8.66. The zero-order valence-corrected chi connectivity index (χ0v) is 17.3. The monoisotopic (exact) mass is 356 g/mol. The van der Waals surface area contributed by atoms with Gasteiger partial charge in [-0.1, -0.05) is 0 Å². The Labute approximate surface area is 131 Å². The molecule has 0 aliphatic rings. The minimum Gasteiger partial charge on any atom is -0.436 e. The van der Waals surface area contributed by atoms with Crippen LogP contribution in [0.2, 0.25) is 51.4 Å². The van der Waals surface area contributed by atoms with E-state index in [1.54, 1.807) is 0 Å². The Morgan fingerprint density at radius 3 is 1.29 bits per heavy atom. The van der Waals surface area contributed by atoms with Crippen LogP contribution < -0.4 is 0 Å². The van der Waals surface area contributed by atoms with Gasteiger partial charge in [0.15, 0.2) is 16.6 Å². The largest absolute Gasteiger partial charge is 0.436 e. The zero-order chi connectivity index (χ0) is 16.6. The maximum Gasteiger partial charge on any atom is 0.311 e. The molecule has 0 saturated heterocycles. The summed E-state index contributed by atoms with van der Waals surface area (Å²) >= 11 is 0. The Hall–Kier alpha value is 0.411. The first kappa shape index (κ1) is 21.4. The van der Waals surface area contributed by atoms with Crippen molar-refractivity contribution in [3.63, 3.8) is 0 Å². The smallest absolute Gasteiger partial charge is 0.311 e. The number of aliphatic hydroxyl groups is 2. The van der Waals surface area contributed by atoms with Crippen LogP contribution in [0.25, 0.3) is 0 Å². The van der Waals surface area contributed by atoms with Crippen LogP contribution in [0.15, 0.2) is 0 Å². The van der Waals surface area contributed by atoms with Gasteiger partial charge in [0, 0.05) is 13.2 Å². The highest BCUT2D eigenvalue weighted by Crippen LogP contribution is 2.24. The third kappa shape index (κ3) is 11.6. The molecule has 0 aliphatic carbocycles. The number of ether oxygens (including phenoxy) is 2. The second kappa shape index (κ2) is 9.53. The quantitative estimate of drug-likeness (QED) is 0.317. The molecule has 9 heteroatoms. The predicted octanol–water partition coefficient (Wildman–Crippen LogP) is 2.06. The van der Waals surface area contributed by atoms with Crippen molar-refractivity contribution in [3.8, 4) is 0 Å². The Kier molecular flexibility index (Phi) is 9.71. The molecule has 0 aromatic rings. The van der Waals surface area contributed by atoms with Crippen LogP contribution in [0.3, 0.4) is 0 Å². The van der Waals surface area contributed by atoms with E-state index in [0.29, 0.717) is 13.2 Å². The molecule has 0 rings (SSSR count). The summed E-state index contributed by atoms with van der Waals surface area (Å²) in [7, 11) is -5.93. The molecule has 6 nitrogen and oxygen atoms in total. The fourth-order valence-electron chi connectivity index (χ4n) is 2.22. The average Bonchev–Trinajstić information content (AvgIpc) is 2.25. The predicted molar refractivity (Wildman–Crippen MR) is 90.3 cm³/mol. The van der Waals surface area contributed by atoms with E-state index in [2.05, 4.69) is 39.3 Å². The van der Waals surface area contributed by atoms with Crippen molar-refractivity contribution in [3.05, 3.63) is 0 Å². The fraction of sp³-hybridized carbons (Fsp3) is 1.00. The molecule has 0 heterocycles.